The molecule has 11 heteroatoms. The molecule has 2 heterocycles. The van der Waals surface area contributed by atoms with E-state index in [1.54, 1.807) is 11.3 Å². The second-order valence-corrected chi connectivity index (χ2v) is 17.7. The molecule has 3 N–H and O–H groups in total. The minimum Gasteiger partial charge on any atom is -0.391 e. The van der Waals surface area contributed by atoms with E-state index in [1.165, 1.54) is 16.7 Å². The van der Waals surface area contributed by atoms with Gasteiger partial charge < -0.3 is 20.6 Å². The van der Waals surface area contributed by atoms with Crippen molar-refractivity contribution in [3.05, 3.63) is 149 Å². The molecule has 284 valence electrons. The molecule has 0 bridgehead atoms. The summed E-state index contributed by atoms with van der Waals surface area (Å²) in [5.74, 6) is -1.82. The number of hydrogen-bond donors (Lipinski definition) is 3. The summed E-state index contributed by atoms with van der Waals surface area (Å²) in [4.78, 5) is 49.1. The summed E-state index contributed by atoms with van der Waals surface area (Å²) in [7, 11) is 0. The van der Waals surface area contributed by atoms with Crippen LogP contribution in [0.1, 0.15) is 61.1 Å². The number of aliphatic hydroxyl groups excluding tert-OH is 1. The number of carbonyl (C=O) groups excluding carboxylic acids is 3. The Hall–Kier alpha value is -4.84. The SMILES string of the molecule is Cc1ncsc1-c1ccc(CNC(=O)[C@@H]2C[C@@H](O)CN2C(=O)[C@@H](NC(=O)C2(F)CC2)C(C)(C)SC(c2ccccc2)(c2ccccc2)c2ccccc2)cc1. The van der Waals surface area contributed by atoms with Gasteiger partial charge in [0.1, 0.15) is 12.1 Å². The third kappa shape index (κ3) is 7.97. The van der Waals surface area contributed by atoms with Crippen molar-refractivity contribution in [3.63, 3.8) is 0 Å². The summed E-state index contributed by atoms with van der Waals surface area (Å²) >= 11 is 3.06. The van der Waals surface area contributed by atoms with Gasteiger partial charge in [0, 0.05) is 24.3 Å². The average Bonchev–Trinajstić information content (AvgIpc) is 3.61. The number of carbonyl (C=O) groups is 3. The summed E-state index contributed by atoms with van der Waals surface area (Å²) in [6.45, 7) is 5.83. The number of hydrogen-bond acceptors (Lipinski definition) is 7. The smallest absolute Gasteiger partial charge is 0.258 e. The summed E-state index contributed by atoms with van der Waals surface area (Å²) in [5.41, 5.74) is 5.49. The highest BCUT2D eigenvalue weighted by Crippen LogP contribution is 2.54. The normalized spacial score (nSPS) is 18.4. The van der Waals surface area contributed by atoms with Crippen LogP contribution in [0.3, 0.4) is 0 Å². The number of amides is 3. The number of benzene rings is 4. The third-order valence-electron chi connectivity index (χ3n) is 10.6. The van der Waals surface area contributed by atoms with Gasteiger partial charge in [-0.15, -0.1) is 23.1 Å². The van der Waals surface area contributed by atoms with Crippen molar-refractivity contribution in [1.82, 2.24) is 20.5 Å². The molecule has 1 aromatic heterocycles. The molecule has 3 atom stereocenters. The fraction of sp³-hybridized carbons (Fsp3) is 0.318. The van der Waals surface area contributed by atoms with Crippen molar-refractivity contribution < 1.29 is 23.9 Å². The Morgan fingerprint density at radius 2 is 1.45 bits per heavy atom. The number of alkyl halides is 1. The van der Waals surface area contributed by atoms with Crippen LogP contribution >= 0.6 is 23.1 Å². The van der Waals surface area contributed by atoms with Gasteiger partial charge in [0.2, 0.25) is 11.8 Å². The molecule has 5 aromatic rings. The van der Waals surface area contributed by atoms with Crippen molar-refractivity contribution in [2.24, 2.45) is 0 Å². The molecule has 7 rings (SSSR count). The van der Waals surface area contributed by atoms with E-state index in [4.69, 9.17) is 0 Å². The predicted molar refractivity (Wildman–Crippen MR) is 216 cm³/mol. The quantitative estimate of drug-likeness (QED) is 0.109. The van der Waals surface area contributed by atoms with E-state index in [0.717, 1.165) is 38.4 Å². The maximum Gasteiger partial charge on any atom is 0.258 e. The van der Waals surface area contributed by atoms with Crippen LogP contribution in [0.25, 0.3) is 10.4 Å². The molecule has 55 heavy (non-hydrogen) atoms. The van der Waals surface area contributed by atoms with E-state index in [1.807, 2.05) is 142 Å². The Labute approximate surface area is 329 Å². The van der Waals surface area contributed by atoms with Crippen LogP contribution in [-0.4, -0.2) is 67.9 Å². The number of thioether (sulfide) groups is 1. The van der Waals surface area contributed by atoms with Gasteiger partial charge in [-0.3, -0.25) is 14.4 Å². The molecule has 1 aliphatic heterocycles. The number of aromatic nitrogens is 1. The first kappa shape index (κ1) is 38.4. The second-order valence-electron chi connectivity index (χ2n) is 14.9. The molecule has 8 nitrogen and oxygen atoms in total. The van der Waals surface area contributed by atoms with Gasteiger partial charge in [0.15, 0.2) is 5.67 Å². The molecule has 1 aliphatic carbocycles. The molecule has 2 fully saturated rings. The lowest BCUT2D eigenvalue weighted by Gasteiger charge is -2.45. The van der Waals surface area contributed by atoms with Gasteiger partial charge in [-0.1, -0.05) is 115 Å². The standard InChI is InChI=1S/C44H45FN4O4S2/c1-29-37(54-28-47-29)31-21-19-30(20-22-31)26-46-39(51)36-25-35(50)27-49(36)40(52)38(48-41(53)43(45)23-24-43)42(2,3)55-44(32-13-7-4-8-14-32,33-15-9-5-10-16-33)34-17-11-6-12-18-34/h4-22,28,35-36,38,50H,23-27H2,1-3H3,(H,46,51)(H,48,53)/t35-,36+,38-/m1/s1. The number of rotatable bonds is 13. The van der Waals surface area contributed by atoms with Crippen molar-refractivity contribution >= 4 is 40.8 Å². The lowest BCUT2D eigenvalue weighted by molar-refractivity contribution is -0.143. The molecular weight excluding hydrogens is 732 g/mol. The van der Waals surface area contributed by atoms with Crippen molar-refractivity contribution in [1.29, 1.82) is 0 Å². The highest BCUT2D eigenvalue weighted by atomic mass is 32.2. The van der Waals surface area contributed by atoms with E-state index in [9.17, 15) is 19.5 Å². The third-order valence-corrected chi connectivity index (χ3v) is 13.3. The monoisotopic (exact) mass is 776 g/mol. The maximum atomic E-state index is 15.4. The number of likely N-dealkylation sites (tertiary alicyclic amines) is 1. The van der Waals surface area contributed by atoms with Crippen LogP contribution in [0.15, 0.2) is 121 Å². The number of aliphatic hydroxyl groups is 1. The van der Waals surface area contributed by atoms with Gasteiger partial charge in [0.05, 0.1) is 26.9 Å². The van der Waals surface area contributed by atoms with E-state index < -0.39 is 51.1 Å². The number of nitrogens with zero attached hydrogens (tertiary/aromatic N) is 2. The first-order chi connectivity index (χ1) is 26.4. The minimum atomic E-state index is -2.05. The van der Waals surface area contributed by atoms with Crippen LogP contribution in [-0.2, 0) is 25.7 Å². The summed E-state index contributed by atoms with van der Waals surface area (Å²) in [6, 6.07) is 35.5. The average molecular weight is 777 g/mol. The number of β-amino-alcohol motifs (C(OH)–C–C–N with tert-alkyl or cyclic N) is 1. The van der Waals surface area contributed by atoms with Crippen molar-refractivity contribution in [2.75, 3.05) is 6.54 Å². The zero-order chi connectivity index (χ0) is 38.8. The van der Waals surface area contributed by atoms with Crippen LogP contribution < -0.4 is 10.6 Å². The zero-order valence-corrected chi connectivity index (χ0v) is 32.7. The zero-order valence-electron chi connectivity index (χ0n) is 31.1. The first-order valence-electron chi connectivity index (χ1n) is 18.5. The van der Waals surface area contributed by atoms with Gasteiger partial charge >= 0.3 is 0 Å². The van der Waals surface area contributed by atoms with E-state index in [2.05, 4.69) is 15.6 Å². The fourth-order valence-corrected chi connectivity index (χ4v) is 10.1. The van der Waals surface area contributed by atoms with E-state index >= 15 is 4.39 Å². The molecule has 1 saturated carbocycles. The van der Waals surface area contributed by atoms with Gasteiger partial charge in [-0.2, -0.15) is 0 Å². The Kier molecular flexibility index (Phi) is 11.0. The van der Waals surface area contributed by atoms with Crippen LogP contribution in [0.2, 0.25) is 0 Å². The lowest BCUT2D eigenvalue weighted by Crippen LogP contribution is -2.61. The number of halogens is 1. The molecular formula is C44H45FN4O4S2. The van der Waals surface area contributed by atoms with Gasteiger partial charge in [0.25, 0.3) is 5.91 Å². The highest BCUT2D eigenvalue weighted by molar-refractivity contribution is 8.02. The number of thiazole rings is 1. The number of aryl methyl sites for hydroxylation is 1. The fourth-order valence-electron chi connectivity index (χ4n) is 7.41. The van der Waals surface area contributed by atoms with Crippen molar-refractivity contribution in [3.8, 4) is 10.4 Å². The van der Waals surface area contributed by atoms with Crippen molar-refractivity contribution in [2.45, 2.75) is 79.9 Å². The lowest BCUT2D eigenvalue weighted by atomic mass is 9.84. The topological polar surface area (TPSA) is 112 Å². The van der Waals surface area contributed by atoms with Crippen LogP contribution in [0.5, 0.6) is 0 Å². The van der Waals surface area contributed by atoms with Crippen LogP contribution in [0.4, 0.5) is 4.39 Å². The maximum absolute atomic E-state index is 15.4. The molecule has 3 amide bonds. The van der Waals surface area contributed by atoms with Gasteiger partial charge in [-0.25, -0.2) is 9.37 Å². The summed E-state index contributed by atoms with van der Waals surface area (Å²) in [6.07, 6.45) is -0.771. The molecule has 1 saturated heterocycles. The highest BCUT2D eigenvalue weighted by Gasteiger charge is 2.55. The predicted octanol–water partition coefficient (Wildman–Crippen LogP) is 7.19. The Bertz CT molecular complexity index is 2030. The second kappa shape index (κ2) is 15.7. The summed E-state index contributed by atoms with van der Waals surface area (Å²) in [5, 5.41) is 16.7. The van der Waals surface area contributed by atoms with E-state index in [0.29, 0.717) is 0 Å². The largest absolute Gasteiger partial charge is 0.391 e. The number of nitrogens with one attached hydrogen (secondary N) is 2. The molecule has 4 aromatic carbocycles. The Balaban J connectivity index is 1.20. The molecule has 0 radical (unpaired) electrons. The Morgan fingerprint density at radius 3 is 1.95 bits per heavy atom. The molecule has 0 unspecified atom stereocenters. The summed E-state index contributed by atoms with van der Waals surface area (Å²) < 4.78 is 13.4. The molecule has 0 spiro atoms. The van der Waals surface area contributed by atoms with E-state index in [-0.39, 0.29) is 32.4 Å². The Morgan fingerprint density at radius 1 is 0.909 bits per heavy atom. The molecule has 2 aliphatic rings. The minimum absolute atomic E-state index is 0.0322. The first-order valence-corrected chi connectivity index (χ1v) is 20.2. The van der Waals surface area contributed by atoms with Crippen LogP contribution in [0, 0.1) is 6.92 Å². The van der Waals surface area contributed by atoms with Gasteiger partial charge in [-0.05, 0) is 61.4 Å².